The van der Waals surface area contributed by atoms with Crippen LogP contribution < -0.4 is 5.73 Å². The van der Waals surface area contributed by atoms with E-state index in [2.05, 4.69) is 4.18 Å². The Kier molecular flexibility index (Phi) is 3.69. The van der Waals surface area contributed by atoms with Crippen molar-refractivity contribution >= 4 is 15.8 Å². The topological polar surface area (TPSA) is 117 Å². The van der Waals surface area contributed by atoms with Gasteiger partial charge < -0.3 is 5.73 Å². The highest BCUT2D eigenvalue weighted by molar-refractivity contribution is 7.86. The Morgan fingerprint density at radius 2 is 1.94 bits per heavy atom. The lowest BCUT2D eigenvalue weighted by molar-refractivity contribution is 0.310. The smallest absolute Gasteiger partial charge is 0.299 e. The minimum atomic E-state index is -4.15. The molecule has 0 saturated heterocycles. The molecule has 0 radical (unpaired) electrons. The van der Waals surface area contributed by atoms with E-state index in [0.717, 1.165) is 5.56 Å². The predicted molar refractivity (Wildman–Crippen MR) is 58.9 cm³/mol. The predicted octanol–water partition coefficient (Wildman–Crippen LogP) is 0.698. The largest absolute Gasteiger partial charge is 0.398 e. The first-order chi connectivity index (χ1) is 7.90. The highest BCUT2D eigenvalue weighted by Crippen LogP contribution is 2.19. The second kappa shape index (κ2) is 4.83. The minimum absolute atomic E-state index is 0.184. The van der Waals surface area contributed by atoms with Crippen LogP contribution in [0.5, 0.6) is 0 Å². The third-order valence-corrected chi connectivity index (χ3v) is 3.27. The molecule has 0 saturated carbocycles. The van der Waals surface area contributed by atoms with E-state index in [1.807, 2.05) is 0 Å². The molecule has 1 rings (SSSR count). The summed E-state index contributed by atoms with van der Waals surface area (Å²) in [6.07, 6.45) is -1.66. The standard InChI is InChI=1S/C10H9N3O3S/c1-7-2-3-9(4-10(7)13)17(14,15)16-8(5-11)6-12/h2-4,8H,13H2,1H3. The molecule has 0 aliphatic carbocycles. The van der Waals surface area contributed by atoms with Crippen molar-refractivity contribution in [2.45, 2.75) is 17.9 Å². The Balaban J connectivity index is 3.11. The molecule has 2 N–H and O–H groups in total. The van der Waals surface area contributed by atoms with E-state index >= 15 is 0 Å². The van der Waals surface area contributed by atoms with E-state index in [4.69, 9.17) is 16.3 Å². The zero-order chi connectivity index (χ0) is 13.1. The van der Waals surface area contributed by atoms with Gasteiger partial charge in [-0.1, -0.05) is 6.07 Å². The highest BCUT2D eigenvalue weighted by atomic mass is 32.2. The van der Waals surface area contributed by atoms with Crippen LogP contribution in [0.1, 0.15) is 5.56 Å². The summed E-state index contributed by atoms with van der Waals surface area (Å²) in [4.78, 5) is -0.184. The zero-order valence-electron chi connectivity index (χ0n) is 8.91. The molecule has 0 atom stereocenters. The molecular weight excluding hydrogens is 242 g/mol. The van der Waals surface area contributed by atoms with Gasteiger partial charge in [-0.25, -0.2) is 4.18 Å². The molecule has 1 aromatic carbocycles. The van der Waals surface area contributed by atoms with Gasteiger partial charge in [-0.05, 0) is 24.6 Å². The Morgan fingerprint density at radius 1 is 1.35 bits per heavy atom. The molecule has 0 amide bonds. The van der Waals surface area contributed by atoms with Crippen molar-refractivity contribution in [3.63, 3.8) is 0 Å². The van der Waals surface area contributed by atoms with Crippen LogP contribution in [0, 0.1) is 29.6 Å². The molecule has 0 heterocycles. The van der Waals surface area contributed by atoms with Gasteiger partial charge in [0, 0.05) is 5.69 Å². The molecule has 1 aromatic rings. The first kappa shape index (κ1) is 13.0. The number of benzene rings is 1. The first-order valence-electron chi connectivity index (χ1n) is 4.49. The van der Waals surface area contributed by atoms with Gasteiger partial charge in [0.2, 0.25) is 6.10 Å². The van der Waals surface area contributed by atoms with Crippen LogP contribution in [-0.4, -0.2) is 14.5 Å². The summed E-state index contributed by atoms with van der Waals surface area (Å²) in [5.74, 6) is 0. The summed E-state index contributed by atoms with van der Waals surface area (Å²) in [5.41, 5.74) is 6.58. The lowest BCUT2D eigenvalue weighted by Gasteiger charge is -2.07. The van der Waals surface area contributed by atoms with Gasteiger partial charge in [0.25, 0.3) is 10.1 Å². The number of nitrogens with two attached hydrogens (primary N) is 1. The summed E-state index contributed by atoms with van der Waals surface area (Å²) in [5, 5.41) is 16.9. The number of rotatable bonds is 3. The summed E-state index contributed by atoms with van der Waals surface area (Å²) in [6, 6.07) is 6.85. The summed E-state index contributed by atoms with van der Waals surface area (Å²) in [7, 11) is -4.15. The molecule has 0 aromatic heterocycles. The van der Waals surface area contributed by atoms with Crippen molar-refractivity contribution in [3.05, 3.63) is 23.8 Å². The minimum Gasteiger partial charge on any atom is -0.398 e. The van der Waals surface area contributed by atoms with E-state index in [0.29, 0.717) is 5.69 Å². The van der Waals surface area contributed by atoms with Crippen LogP contribution in [0.15, 0.2) is 23.1 Å². The molecule has 0 spiro atoms. The Morgan fingerprint density at radius 3 is 2.41 bits per heavy atom. The molecule has 88 valence electrons. The Bertz CT molecular complexity index is 597. The van der Waals surface area contributed by atoms with E-state index in [1.165, 1.54) is 30.3 Å². The number of nitrogens with zero attached hydrogens (tertiary/aromatic N) is 2. The van der Waals surface area contributed by atoms with Gasteiger partial charge >= 0.3 is 0 Å². The van der Waals surface area contributed by atoms with Crippen LogP contribution in [0.25, 0.3) is 0 Å². The Labute approximate surface area is 99.0 Å². The van der Waals surface area contributed by atoms with Gasteiger partial charge in [-0.2, -0.15) is 18.9 Å². The quantitative estimate of drug-likeness (QED) is 0.624. The molecule has 0 aliphatic rings. The fourth-order valence-corrected chi connectivity index (χ4v) is 1.98. The fraction of sp³-hybridized carbons (Fsp3) is 0.200. The molecule has 0 fully saturated rings. The van der Waals surface area contributed by atoms with Crippen LogP contribution in [0.3, 0.4) is 0 Å². The maximum Gasteiger partial charge on any atom is 0.299 e. The van der Waals surface area contributed by atoms with Gasteiger partial charge in [-0.15, -0.1) is 0 Å². The maximum absolute atomic E-state index is 11.6. The maximum atomic E-state index is 11.6. The van der Waals surface area contributed by atoms with Gasteiger partial charge in [0.05, 0.1) is 4.90 Å². The lowest BCUT2D eigenvalue weighted by Crippen LogP contribution is -2.15. The second-order valence-corrected chi connectivity index (χ2v) is 4.78. The third kappa shape index (κ3) is 2.94. The third-order valence-electron chi connectivity index (χ3n) is 2.00. The van der Waals surface area contributed by atoms with E-state index in [1.54, 1.807) is 6.92 Å². The normalized spacial score (nSPS) is 10.8. The summed E-state index contributed by atoms with van der Waals surface area (Å²) < 4.78 is 27.7. The number of anilines is 1. The van der Waals surface area contributed by atoms with Crippen LogP contribution >= 0.6 is 0 Å². The highest BCUT2D eigenvalue weighted by Gasteiger charge is 2.21. The monoisotopic (exact) mass is 251 g/mol. The first-order valence-corrected chi connectivity index (χ1v) is 5.90. The summed E-state index contributed by atoms with van der Waals surface area (Å²) >= 11 is 0. The molecule has 7 heteroatoms. The molecule has 0 unspecified atom stereocenters. The molecule has 0 aliphatic heterocycles. The average molecular weight is 251 g/mol. The van der Waals surface area contributed by atoms with Crippen molar-refractivity contribution in [1.82, 2.24) is 0 Å². The van der Waals surface area contributed by atoms with Crippen molar-refractivity contribution in [3.8, 4) is 12.1 Å². The molecule has 0 bridgehead atoms. The van der Waals surface area contributed by atoms with Gasteiger partial charge in [-0.3, -0.25) is 0 Å². The van der Waals surface area contributed by atoms with Crippen molar-refractivity contribution < 1.29 is 12.6 Å². The number of nitrogen functional groups attached to an aromatic ring is 1. The van der Waals surface area contributed by atoms with Crippen LogP contribution in [0.4, 0.5) is 5.69 Å². The average Bonchev–Trinajstić information content (AvgIpc) is 2.29. The number of hydrogen-bond donors (Lipinski definition) is 1. The van der Waals surface area contributed by atoms with Crippen molar-refractivity contribution in [1.29, 1.82) is 10.5 Å². The number of hydrogen-bond acceptors (Lipinski definition) is 6. The van der Waals surface area contributed by atoms with Gasteiger partial charge in [0.15, 0.2) is 0 Å². The SMILES string of the molecule is Cc1ccc(S(=O)(=O)OC(C#N)C#N)cc1N. The van der Waals surface area contributed by atoms with Crippen LogP contribution in [-0.2, 0) is 14.3 Å². The molecular formula is C10H9N3O3S. The van der Waals surface area contributed by atoms with E-state index in [9.17, 15) is 8.42 Å². The number of aryl methyl sites for hydroxylation is 1. The van der Waals surface area contributed by atoms with Crippen LogP contribution in [0.2, 0.25) is 0 Å². The Hall–Kier alpha value is -2.09. The van der Waals surface area contributed by atoms with Crippen molar-refractivity contribution in [2.75, 3.05) is 5.73 Å². The van der Waals surface area contributed by atoms with E-state index < -0.39 is 16.2 Å². The van der Waals surface area contributed by atoms with Crippen molar-refractivity contribution in [2.24, 2.45) is 0 Å². The second-order valence-electron chi connectivity index (χ2n) is 3.21. The van der Waals surface area contributed by atoms with Gasteiger partial charge in [0.1, 0.15) is 12.1 Å². The zero-order valence-corrected chi connectivity index (χ0v) is 9.73. The fourth-order valence-electron chi connectivity index (χ4n) is 1.03. The summed E-state index contributed by atoms with van der Waals surface area (Å²) in [6.45, 7) is 1.72. The number of nitriles is 2. The molecule has 6 nitrogen and oxygen atoms in total. The lowest BCUT2D eigenvalue weighted by atomic mass is 10.2. The molecule has 17 heavy (non-hydrogen) atoms. The van der Waals surface area contributed by atoms with E-state index in [-0.39, 0.29) is 4.90 Å².